The van der Waals surface area contributed by atoms with Crippen LogP contribution >= 0.6 is 0 Å². The average molecular weight is 1370 g/mol. The average Bonchev–Trinajstić information content (AvgIpc) is 0.869. The van der Waals surface area contributed by atoms with Gasteiger partial charge in [-0.3, -0.25) is 9.59 Å². The van der Waals surface area contributed by atoms with Crippen LogP contribution in [0, 0.1) is 0 Å². The number of unbranched alkanes of at least 4 members (excludes halogenated alkanes) is 59. The highest BCUT2D eigenvalue weighted by Gasteiger charge is 2.44. The van der Waals surface area contributed by atoms with Crippen molar-refractivity contribution in [2.75, 3.05) is 19.8 Å². The lowest BCUT2D eigenvalue weighted by atomic mass is 9.99. The van der Waals surface area contributed by atoms with Crippen LogP contribution < -0.4 is 5.32 Å². The molecule has 1 rings (SSSR count). The minimum Gasteiger partial charge on any atom is -0.466 e. The molecule has 572 valence electrons. The first-order valence-electron chi connectivity index (χ1n) is 42.8. The molecule has 7 unspecified atom stereocenters. The van der Waals surface area contributed by atoms with E-state index in [1.165, 1.54) is 360 Å². The maximum atomic E-state index is 13.1. The number of amides is 1. The van der Waals surface area contributed by atoms with Gasteiger partial charge in [-0.1, -0.05) is 391 Å². The Morgan fingerprint density at radius 3 is 1.02 bits per heavy atom. The standard InChI is InChI=1S/C86H163NO10/c1-3-5-7-9-11-13-15-16-17-18-40-44-47-50-54-58-62-66-70-74-82(91)95-75-71-67-63-59-55-51-48-45-42-39-37-35-33-31-29-27-25-23-21-19-20-22-24-26-28-30-32-34-36-38-41-43-46-49-53-57-61-65-69-73-81(90)87-78(77-96-86-85(94)84(93)83(92)80(76-88)97-86)79(89)72-68-64-60-56-52-14-12-10-8-6-4-2/h19-20,52,56,68,72,78-80,83-86,88-89,92-94H,3-18,21-51,53-55,57-67,69-71,73-77H2,1-2H3,(H,87,90)/b20-19-,56-52+,72-68+. The van der Waals surface area contributed by atoms with Gasteiger partial charge in [-0.2, -0.15) is 0 Å². The molecule has 0 spiro atoms. The smallest absolute Gasteiger partial charge is 0.305 e. The fraction of sp³-hybridized carbons (Fsp3) is 0.907. The highest BCUT2D eigenvalue weighted by Crippen LogP contribution is 2.24. The van der Waals surface area contributed by atoms with Crippen LogP contribution in [0.5, 0.6) is 0 Å². The van der Waals surface area contributed by atoms with Gasteiger partial charge < -0.3 is 45.1 Å². The largest absolute Gasteiger partial charge is 0.466 e. The lowest BCUT2D eigenvalue weighted by molar-refractivity contribution is -0.302. The monoisotopic (exact) mass is 1370 g/mol. The molecular formula is C86H163NO10. The summed E-state index contributed by atoms with van der Waals surface area (Å²) in [4.78, 5) is 25.2. The Morgan fingerprint density at radius 1 is 0.371 bits per heavy atom. The number of ether oxygens (including phenoxy) is 3. The van der Waals surface area contributed by atoms with Crippen LogP contribution in [0.15, 0.2) is 36.5 Å². The summed E-state index contributed by atoms with van der Waals surface area (Å²) in [7, 11) is 0. The molecule has 7 atom stereocenters. The van der Waals surface area contributed by atoms with Gasteiger partial charge in [0.1, 0.15) is 24.4 Å². The molecule has 0 radical (unpaired) electrons. The van der Waals surface area contributed by atoms with Crippen LogP contribution in [0.2, 0.25) is 0 Å². The van der Waals surface area contributed by atoms with E-state index in [0.717, 1.165) is 51.4 Å². The van der Waals surface area contributed by atoms with Gasteiger partial charge in [0.05, 0.1) is 32.0 Å². The molecule has 97 heavy (non-hydrogen) atoms. The van der Waals surface area contributed by atoms with Gasteiger partial charge in [0, 0.05) is 12.8 Å². The first-order valence-corrected chi connectivity index (χ1v) is 42.8. The molecular weight excluding hydrogens is 1210 g/mol. The molecule has 0 bridgehead atoms. The summed E-state index contributed by atoms with van der Waals surface area (Å²) in [5.74, 6) is -0.164. The third-order valence-corrected chi connectivity index (χ3v) is 20.5. The van der Waals surface area contributed by atoms with Crippen molar-refractivity contribution in [3.8, 4) is 0 Å². The Balaban J connectivity index is 1.84. The summed E-state index contributed by atoms with van der Waals surface area (Å²) in [5, 5.41) is 54.4. The third-order valence-electron chi connectivity index (χ3n) is 20.5. The summed E-state index contributed by atoms with van der Waals surface area (Å²) in [5.41, 5.74) is 0. The topological polar surface area (TPSA) is 175 Å². The predicted molar refractivity (Wildman–Crippen MR) is 412 cm³/mol. The summed E-state index contributed by atoms with van der Waals surface area (Å²) < 4.78 is 16.8. The second kappa shape index (κ2) is 75.1. The van der Waals surface area contributed by atoms with E-state index in [9.17, 15) is 35.1 Å². The number of rotatable bonds is 77. The molecule has 1 aliphatic rings. The van der Waals surface area contributed by atoms with E-state index in [2.05, 4.69) is 43.5 Å². The van der Waals surface area contributed by atoms with Gasteiger partial charge in [0.25, 0.3) is 0 Å². The predicted octanol–water partition coefficient (Wildman–Crippen LogP) is 23.6. The minimum absolute atomic E-state index is 0.0223. The van der Waals surface area contributed by atoms with Crippen molar-refractivity contribution in [2.24, 2.45) is 0 Å². The van der Waals surface area contributed by atoms with Crippen molar-refractivity contribution < 1.29 is 49.3 Å². The maximum absolute atomic E-state index is 13.1. The van der Waals surface area contributed by atoms with Gasteiger partial charge in [-0.15, -0.1) is 0 Å². The van der Waals surface area contributed by atoms with Crippen LogP contribution in [0.3, 0.4) is 0 Å². The molecule has 1 amide bonds. The molecule has 1 aliphatic heterocycles. The normalized spacial score (nSPS) is 17.4. The summed E-state index contributed by atoms with van der Waals surface area (Å²) in [6.45, 7) is 4.37. The molecule has 0 saturated carbocycles. The number of allylic oxidation sites excluding steroid dienone is 5. The van der Waals surface area contributed by atoms with Crippen LogP contribution in [0.1, 0.15) is 438 Å². The van der Waals surface area contributed by atoms with Crippen molar-refractivity contribution in [3.63, 3.8) is 0 Å². The second-order valence-corrected chi connectivity index (χ2v) is 29.9. The molecule has 0 aromatic rings. The van der Waals surface area contributed by atoms with Crippen molar-refractivity contribution in [3.05, 3.63) is 36.5 Å². The quantitative estimate of drug-likeness (QED) is 0.0195. The van der Waals surface area contributed by atoms with E-state index in [4.69, 9.17) is 14.2 Å². The van der Waals surface area contributed by atoms with Gasteiger partial charge in [0.2, 0.25) is 5.91 Å². The Morgan fingerprint density at radius 2 is 0.670 bits per heavy atom. The molecule has 0 aliphatic carbocycles. The number of nitrogens with one attached hydrogen (secondary N) is 1. The number of aliphatic hydroxyl groups excluding tert-OH is 5. The molecule has 1 fully saturated rings. The van der Waals surface area contributed by atoms with Crippen molar-refractivity contribution in [1.82, 2.24) is 5.32 Å². The number of hydrogen-bond donors (Lipinski definition) is 6. The molecule has 1 saturated heterocycles. The fourth-order valence-corrected chi connectivity index (χ4v) is 13.8. The highest BCUT2D eigenvalue weighted by atomic mass is 16.7. The van der Waals surface area contributed by atoms with Gasteiger partial charge in [-0.05, 0) is 70.6 Å². The maximum Gasteiger partial charge on any atom is 0.305 e. The molecule has 6 N–H and O–H groups in total. The van der Waals surface area contributed by atoms with Gasteiger partial charge >= 0.3 is 5.97 Å². The van der Waals surface area contributed by atoms with Crippen molar-refractivity contribution in [1.29, 1.82) is 0 Å². The van der Waals surface area contributed by atoms with E-state index in [1.807, 2.05) is 6.08 Å². The third kappa shape index (κ3) is 63.3. The zero-order chi connectivity index (χ0) is 70.1. The zero-order valence-corrected chi connectivity index (χ0v) is 64.1. The Hall–Kier alpha value is -2.12. The lowest BCUT2D eigenvalue weighted by Crippen LogP contribution is -2.60. The van der Waals surface area contributed by atoms with E-state index in [0.29, 0.717) is 19.4 Å². The van der Waals surface area contributed by atoms with Crippen molar-refractivity contribution >= 4 is 11.9 Å². The van der Waals surface area contributed by atoms with Gasteiger partial charge in [-0.25, -0.2) is 0 Å². The second-order valence-electron chi connectivity index (χ2n) is 29.9. The first kappa shape index (κ1) is 92.9. The summed E-state index contributed by atoms with van der Waals surface area (Å²) >= 11 is 0. The Bertz CT molecular complexity index is 1710. The number of esters is 1. The molecule has 1 heterocycles. The Labute approximate surface area is 600 Å². The highest BCUT2D eigenvalue weighted by molar-refractivity contribution is 5.76. The molecule has 11 heteroatoms. The van der Waals surface area contributed by atoms with E-state index < -0.39 is 49.5 Å². The van der Waals surface area contributed by atoms with E-state index >= 15 is 0 Å². The summed E-state index contributed by atoms with van der Waals surface area (Å²) in [6.07, 6.45) is 89.4. The van der Waals surface area contributed by atoms with E-state index in [1.54, 1.807) is 6.08 Å². The number of carbonyl (C=O) groups excluding carboxylic acids is 2. The lowest BCUT2D eigenvalue weighted by Gasteiger charge is -2.40. The SMILES string of the molecule is CCCCCCC/C=C/CC/C=C/C(O)C(COC1OC(CO)C(O)C(O)C1O)NC(=O)CCCCCCCCCCCCCCCCCCC/C=C\CCCCCCCCCCCCCCCCCCCCOC(=O)CCCCCCCCCCCCCCCCCCCCC. The number of aliphatic hydroxyl groups is 5. The number of hydrogen-bond acceptors (Lipinski definition) is 10. The Kier molecular flexibility index (Phi) is 71.9. The van der Waals surface area contributed by atoms with E-state index in [-0.39, 0.29) is 18.5 Å². The number of carbonyl (C=O) groups is 2. The van der Waals surface area contributed by atoms with Gasteiger partial charge in [0.15, 0.2) is 6.29 Å². The zero-order valence-electron chi connectivity index (χ0n) is 64.1. The first-order chi connectivity index (χ1) is 47.7. The molecule has 0 aromatic heterocycles. The fourth-order valence-electron chi connectivity index (χ4n) is 13.8. The van der Waals surface area contributed by atoms with Crippen LogP contribution in [0.4, 0.5) is 0 Å². The van der Waals surface area contributed by atoms with Crippen LogP contribution in [0.25, 0.3) is 0 Å². The van der Waals surface area contributed by atoms with Crippen LogP contribution in [-0.2, 0) is 23.8 Å². The minimum atomic E-state index is -1.57. The summed E-state index contributed by atoms with van der Waals surface area (Å²) in [6, 6.07) is -0.824. The van der Waals surface area contributed by atoms with Crippen molar-refractivity contribution in [2.45, 2.75) is 480 Å². The molecule has 0 aromatic carbocycles. The molecule has 11 nitrogen and oxygen atoms in total. The van der Waals surface area contributed by atoms with Crippen LogP contribution in [-0.4, -0.2) is 100 Å².